The largest absolute Gasteiger partial charge is 0.396 e. The lowest BCUT2D eigenvalue weighted by Crippen LogP contribution is -2.45. The van der Waals surface area contributed by atoms with Gasteiger partial charge < -0.3 is 5.11 Å². The van der Waals surface area contributed by atoms with Crippen LogP contribution in [0.4, 0.5) is 0 Å². The van der Waals surface area contributed by atoms with Crippen molar-refractivity contribution < 1.29 is 5.11 Å². The van der Waals surface area contributed by atoms with E-state index >= 15 is 0 Å². The Morgan fingerprint density at radius 2 is 1.85 bits per heavy atom. The molecule has 1 aromatic heterocycles. The van der Waals surface area contributed by atoms with Crippen molar-refractivity contribution in [3.8, 4) is 0 Å². The Morgan fingerprint density at radius 1 is 1.00 bits per heavy atom. The van der Waals surface area contributed by atoms with Crippen LogP contribution >= 0.6 is 0 Å². The van der Waals surface area contributed by atoms with E-state index in [1.54, 1.807) is 0 Å². The van der Waals surface area contributed by atoms with Crippen molar-refractivity contribution in [3.63, 3.8) is 0 Å². The maximum Gasteiger partial charge on any atom is 0.0746 e. The van der Waals surface area contributed by atoms with Crippen molar-refractivity contribution in [2.24, 2.45) is 5.41 Å². The number of rotatable bonds is 6. The number of aliphatic hydroxyl groups excluding tert-OH is 1. The topological polar surface area (TPSA) is 36.4 Å². The number of aromatic nitrogens is 1. The van der Waals surface area contributed by atoms with Crippen molar-refractivity contribution in [2.75, 3.05) is 19.7 Å². The van der Waals surface area contributed by atoms with Gasteiger partial charge in [0.05, 0.1) is 5.52 Å². The van der Waals surface area contributed by atoms with E-state index < -0.39 is 0 Å². The maximum atomic E-state index is 10.2. The van der Waals surface area contributed by atoms with E-state index in [4.69, 9.17) is 0 Å². The van der Waals surface area contributed by atoms with Gasteiger partial charge in [0, 0.05) is 36.7 Å². The Kier molecular flexibility index (Phi) is 5.51. The molecule has 0 bridgehead atoms. The minimum absolute atomic E-state index is 0.00606. The number of nitrogens with zero attached hydrogens (tertiary/aromatic N) is 2. The average molecular weight is 361 g/mol. The van der Waals surface area contributed by atoms with E-state index in [0.717, 1.165) is 50.8 Å². The number of hydrogen-bond acceptors (Lipinski definition) is 3. The molecular formula is C24H28N2O. The SMILES string of the molecule is OCC1(CCc2ccccc2)CCCN(Cc2cccc3cccnc23)C1. The highest BCUT2D eigenvalue weighted by atomic mass is 16.3. The normalized spacial score (nSPS) is 20.8. The van der Waals surface area contributed by atoms with Gasteiger partial charge in [0.1, 0.15) is 0 Å². The summed E-state index contributed by atoms with van der Waals surface area (Å²) in [5.74, 6) is 0. The van der Waals surface area contributed by atoms with Crippen LogP contribution < -0.4 is 0 Å². The molecule has 1 aliphatic heterocycles. The van der Waals surface area contributed by atoms with Gasteiger partial charge in [-0.2, -0.15) is 0 Å². The fraction of sp³-hybridized carbons (Fsp3) is 0.375. The third-order valence-corrected chi connectivity index (χ3v) is 5.97. The number of para-hydroxylation sites is 1. The van der Waals surface area contributed by atoms with E-state index in [-0.39, 0.29) is 12.0 Å². The molecule has 1 N–H and O–H groups in total. The minimum Gasteiger partial charge on any atom is -0.396 e. The average Bonchev–Trinajstić information content (AvgIpc) is 2.74. The summed E-state index contributed by atoms with van der Waals surface area (Å²) in [7, 11) is 0. The van der Waals surface area contributed by atoms with Crippen LogP contribution in [0.2, 0.25) is 0 Å². The van der Waals surface area contributed by atoms with Crippen molar-refractivity contribution in [2.45, 2.75) is 32.2 Å². The second-order valence-electron chi connectivity index (χ2n) is 7.95. The highest BCUT2D eigenvalue weighted by Crippen LogP contribution is 2.35. The van der Waals surface area contributed by atoms with Gasteiger partial charge in [-0.1, -0.05) is 54.6 Å². The highest BCUT2D eigenvalue weighted by Gasteiger charge is 2.34. The zero-order chi connectivity index (χ0) is 18.5. The van der Waals surface area contributed by atoms with E-state index in [1.165, 1.54) is 16.5 Å². The van der Waals surface area contributed by atoms with Crippen LogP contribution in [0, 0.1) is 5.41 Å². The molecule has 1 fully saturated rings. The zero-order valence-electron chi connectivity index (χ0n) is 15.8. The Morgan fingerprint density at radius 3 is 2.70 bits per heavy atom. The molecule has 0 aliphatic carbocycles. The molecule has 0 spiro atoms. The number of fused-ring (bicyclic) bond motifs is 1. The van der Waals surface area contributed by atoms with Gasteiger partial charge in [0.25, 0.3) is 0 Å². The summed E-state index contributed by atoms with van der Waals surface area (Å²) in [5.41, 5.74) is 3.75. The smallest absolute Gasteiger partial charge is 0.0746 e. The summed E-state index contributed by atoms with van der Waals surface area (Å²) >= 11 is 0. The lowest BCUT2D eigenvalue weighted by atomic mass is 9.76. The molecule has 1 aliphatic rings. The van der Waals surface area contributed by atoms with E-state index in [0.29, 0.717) is 0 Å². The van der Waals surface area contributed by atoms with Crippen LogP contribution in [0.5, 0.6) is 0 Å². The molecule has 2 aromatic carbocycles. The van der Waals surface area contributed by atoms with Crippen LogP contribution in [-0.2, 0) is 13.0 Å². The second-order valence-corrected chi connectivity index (χ2v) is 7.95. The van der Waals surface area contributed by atoms with Crippen molar-refractivity contribution >= 4 is 10.9 Å². The quantitative estimate of drug-likeness (QED) is 0.706. The summed E-state index contributed by atoms with van der Waals surface area (Å²) < 4.78 is 0. The Bertz CT molecular complexity index is 874. The molecule has 0 saturated carbocycles. The van der Waals surface area contributed by atoms with Crippen LogP contribution in [0.15, 0.2) is 66.9 Å². The van der Waals surface area contributed by atoms with Gasteiger partial charge in [-0.05, 0) is 49.4 Å². The van der Waals surface area contributed by atoms with E-state index in [1.807, 2.05) is 12.3 Å². The molecule has 0 radical (unpaired) electrons. The number of likely N-dealkylation sites (tertiary alicyclic amines) is 1. The molecule has 1 unspecified atom stereocenters. The number of benzene rings is 2. The lowest BCUT2D eigenvalue weighted by molar-refractivity contribution is 0.0225. The molecule has 2 heterocycles. The van der Waals surface area contributed by atoms with Gasteiger partial charge >= 0.3 is 0 Å². The predicted molar refractivity (Wildman–Crippen MR) is 111 cm³/mol. The van der Waals surface area contributed by atoms with Crippen LogP contribution in [0.3, 0.4) is 0 Å². The first-order valence-corrected chi connectivity index (χ1v) is 9.98. The zero-order valence-corrected chi connectivity index (χ0v) is 15.8. The Hall–Kier alpha value is -2.23. The first-order valence-electron chi connectivity index (χ1n) is 9.98. The Labute approximate surface area is 161 Å². The van der Waals surface area contributed by atoms with Crippen molar-refractivity contribution in [3.05, 3.63) is 78.0 Å². The molecule has 140 valence electrons. The molecule has 3 aromatic rings. The van der Waals surface area contributed by atoms with Crippen LogP contribution in [-0.4, -0.2) is 34.7 Å². The minimum atomic E-state index is 0.00606. The fourth-order valence-corrected chi connectivity index (χ4v) is 4.45. The van der Waals surface area contributed by atoms with Gasteiger partial charge in [0.2, 0.25) is 0 Å². The van der Waals surface area contributed by atoms with Gasteiger partial charge in [-0.15, -0.1) is 0 Å². The first kappa shape index (κ1) is 18.1. The molecule has 27 heavy (non-hydrogen) atoms. The Balaban J connectivity index is 1.47. The van der Waals surface area contributed by atoms with E-state index in [2.05, 4.69) is 64.5 Å². The highest BCUT2D eigenvalue weighted by molar-refractivity contribution is 5.81. The summed E-state index contributed by atoms with van der Waals surface area (Å²) in [5, 5.41) is 11.4. The summed E-state index contributed by atoms with van der Waals surface area (Å²) in [6.45, 7) is 3.22. The van der Waals surface area contributed by atoms with Gasteiger partial charge in [-0.25, -0.2) is 0 Å². The maximum absolute atomic E-state index is 10.2. The van der Waals surface area contributed by atoms with Crippen LogP contribution in [0.25, 0.3) is 10.9 Å². The molecule has 0 amide bonds. The second kappa shape index (κ2) is 8.20. The van der Waals surface area contributed by atoms with Crippen molar-refractivity contribution in [1.29, 1.82) is 0 Å². The van der Waals surface area contributed by atoms with E-state index in [9.17, 15) is 5.11 Å². The number of aryl methyl sites for hydroxylation is 1. The summed E-state index contributed by atoms with van der Waals surface area (Å²) in [4.78, 5) is 7.11. The summed E-state index contributed by atoms with van der Waals surface area (Å²) in [6, 6.07) is 21.2. The fourth-order valence-electron chi connectivity index (χ4n) is 4.45. The van der Waals surface area contributed by atoms with Crippen LogP contribution in [0.1, 0.15) is 30.4 Å². The third kappa shape index (κ3) is 4.20. The molecule has 3 nitrogen and oxygen atoms in total. The number of pyridine rings is 1. The standard InChI is InChI=1S/C24H28N2O/c27-19-24(14-12-20-7-2-1-3-8-20)13-6-16-26(18-24)17-22-10-4-9-21-11-5-15-25-23(21)22/h1-5,7-11,15,27H,6,12-14,16-19H2. The molecule has 1 saturated heterocycles. The molecule has 3 heteroatoms. The monoisotopic (exact) mass is 360 g/mol. The predicted octanol–water partition coefficient (Wildman–Crippen LogP) is 4.44. The third-order valence-electron chi connectivity index (χ3n) is 5.97. The molecule has 1 atom stereocenters. The number of hydrogen-bond donors (Lipinski definition) is 1. The number of aliphatic hydroxyl groups is 1. The molecule has 4 rings (SSSR count). The first-order chi connectivity index (χ1) is 13.3. The molecular weight excluding hydrogens is 332 g/mol. The number of piperidine rings is 1. The van der Waals surface area contributed by atoms with Gasteiger partial charge in [-0.3, -0.25) is 9.88 Å². The van der Waals surface area contributed by atoms with Gasteiger partial charge in [0.15, 0.2) is 0 Å². The van der Waals surface area contributed by atoms with Crippen molar-refractivity contribution in [1.82, 2.24) is 9.88 Å². The lowest BCUT2D eigenvalue weighted by Gasteiger charge is -2.42. The summed E-state index contributed by atoms with van der Waals surface area (Å²) in [6.07, 6.45) is 6.21.